The molecule has 1 aliphatic heterocycles. The number of hydrogen-bond acceptors (Lipinski definition) is 5. The highest BCUT2D eigenvalue weighted by atomic mass is 16.4. The lowest BCUT2D eigenvalue weighted by molar-refractivity contribution is 0.191. The van der Waals surface area contributed by atoms with E-state index in [1.165, 1.54) is 0 Å². The number of amides is 1. The molecule has 1 aromatic rings. The molecule has 0 radical (unpaired) electrons. The van der Waals surface area contributed by atoms with Crippen molar-refractivity contribution >= 4 is 17.9 Å². The molecule has 2 heterocycles. The van der Waals surface area contributed by atoms with Crippen molar-refractivity contribution in [2.75, 3.05) is 30.3 Å². The van der Waals surface area contributed by atoms with Gasteiger partial charge >= 0.3 is 6.09 Å². The molecule has 1 saturated heterocycles. The highest BCUT2D eigenvalue weighted by Gasteiger charge is 2.21. The van der Waals surface area contributed by atoms with Gasteiger partial charge in [-0.15, -0.1) is 0 Å². The number of carbonyl (C=O) groups is 1. The van der Waals surface area contributed by atoms with E-state index >= 15 is 0 Å². The van der Waals surface area contributed by atoms with Crippen molar-refractivity contribution in [3.05, 3.63) is 11.8 Å². The predicted octanol–water partition coefficient (Wildman–Crippen LogP) is 0.851. The average molecular weight is 265 g/mol. The Kier molecular flexibility index (Phi) is 4.03. The molecule has 104 valence electrons. The summed E-state index contributed by atoms with van der Waals surface area (Å²) in [6, 6.07) is 1.92. The van der Waals surface area contributed by atoms with E-state index in [1.54, 1.807) is 0 Å². The molecule has 0 saturated carbocycles. The Labute approximate surface area is 111 Å². The Bertz CT molecular complexity index is 437. The summed E-state index contributed by atoms with van der Waals surface area (Å²) in [4.78, 5) is 20.9. The third-order valence-corrected chi connectivity index (χ3v) is 3.34. The third kappa shape index (κ3) is 3.70. The second kappa shape index (κ2) is 5.73. The number of hydrogen-bond donors (Lipinski definition) is 3. The second-order valence-corrected chi connectivity index (χ2v) is 4.84. The van der Waals surface area contributed by atoms with Crippen molar-refractivity contribution in [3.63, 3.8) is 0 Å². The van der Waals surface area contributed by atoms with Gasteiger partial charge in [0.25, 0.3) is 0 Å². The van der Waals surface area contributed by atoms with Crippen LogP contribution in [0.25, 0.3) is 0 Å². The number of nitrogens with two attached hydrogens (primary N) is 1. The van der Waals surface area contributed by atoms with Gasteiger partial charge in [0.05, 0.1) is 0 Å². The van der Waals surface area contributed by atoms with E-state index in [0.29, 0.717) is 18.4 Å². The minimum atomic E-state index is -0.957. The van der Waals surface area contributed by atoms with Crippen molar-refractivity contribution in [1.29, 1.82) is 0 Å². The lowest BCUT2D eigenvalue weighted by Gasteiger charge is -2.32. The topological polar surface area (TPSA) is 104 Å². The van der Waals surface area contributed by atoms with Crippen molar-refractivity contribution in [1.82, 2.24) is 15.3 Å². The Morgan fingerprint density at radius 2 is 2.21 bits per heavy atom. The summed E-state index contributed by atoms with van der Waals surface area (Å²) in [6.07, 6.45) is 0.938. The van der Waals surface area contributed by atoms with Crippen LogP contribution in [0, 0.1) is 12.8 Å². The molecule has 0 unspecified atom stereocenters. The largest absolute Gasteiger partial charge is 0.465 e. The molecule has 0 spiro atoms. The number of rotatable bonds is 3. The van der Waals surface area contributed by atoms with E-state index in [2.05, 4.69) is 20.2 Å². The molecule has 1 aromatic heterocycles. The first-order valence-corrected chi connectivity index (χ1v) is 6.37. The van der Waals surface area contributed by atoms with E-state index in [1.807, 2.05) is 13.0 Å². The van der Waals surface area contributed by atoms with E-state index in [-0.39, 0.29) is 0 Å². The summed E-state index contributed by atoms with van der Waals surface area (Å²) < 4.78 is 0. The number of piperidine rings is 1. The van der Waals surface area contributed by atoms with Gasteiger partial charge in [0.2, 0.25) is 5.95 Å². The van der Waals surface area contributed by atoms with Crippen LogP contribution in [0.3, 0.4) is 0 Å². The van der Waals surface area contributed by atoms with Crippen molar-refractivity contribution in [2.24, 2.45) is 5.92 Å². The fourth-order valence-electron chi connectivity index (χ4n) is 2.33. The number of nitrogens with zero attached hydrogens (tertiary/aromatic N) is 3. The second-order valence-electron chi connectivity index (χ2n) is 4.84. The molecular weight excluding hydrogens is 246 g/mol. The van der Waals surface area contributed by atoms with Gasteiger partial charge in [-0.1, -0.05) is 0 Å². The summed E-state index contributed by atoms with van der Waals surface area (Å²) in [5, 5.41) is 11.0. The quantitative estimate of drug-likeness (QED) is 0.748. The summed E-state index contributed by atoms with van der Waals surface area (Å²) in [6.45, 7) is 4.14. The maximum absolute atomic E-state index is 10.5. The maximum Gasteiger partial charge on any atom is 0.404 e. The SMILES string of the molecule is Cc1cc(N2CCC(CNC(=O)O)CC2)nc(N)n1. The highest BCUT2D eigenvalue weighted by molar-refractivity contribution is 5.64. The number of aromatic nitrogens is 2. The molecule has 2 rings (SSSR count). The van der Waals surface area contributed by atoms with Gasteiger partial charge in [-0.05, 0) is 25.7 Å². The van der Waals surface area contributed by atoms with Gasteiger partial charge in [0.1, 0.15) is 5.82 Å². The van der Waals surface area contributed by atoms with Crippen LogP contribution in [0.2, 0.25) is 0 Å². The summed E-state index contributed by atoms with van der Waals surface area (Å²) >= 11 is 0. The minimum absolute atomic E-state index is 0.296. The van der Waals surface area contributed by atoms with E-state index in [4.69, 9.17) is 10.8 Å². The fourth-order valence-corrected chi connectivity index (χ4v) is 2.33. The average Bonchev–Trinajstić information content (AvgIpc) is 2.36. The van der Waals surface area contributed by atoms with Gasteiger partial charge in [0.15, 0.2) is 0 Å². The number of nitrogens with one attached hydrogen (secondary N) is 1. The molecule has 7 heteroatoms. The molecule has 1 fully saturated rings. The number of nitrogen functional groups attached to an aromatic ring is 1. The molecule has 7 nitrogen and oxygen atoms in total. The zero-order valence-electron chi connectivity index (χ0n) is 11.0. The van der Waals surface area contributed by atoms with Gasteiger partial charge in [0, 0.05) is 31.4 Å². The zero-order chi connectivity index (χ0) is 13.8. The van der Waals surface area contributed by atoms with Crippen molar-refractivity contribution < 1.29 is 9.90 Å². The normalized spacial score (nSPS) is 16.4. The van der Waals surface area contributed by atoms with Gasteiger partial charge in [-0.2, -0.15) is 4.98 Å². The predicted molar refractivity (Wildman–Crippen MR) is 72.1 cm³/mol. The maximum atomic E-state index is 10.5. The molecule has 0 atom stereocenters. The van der Waals surface area contributed by atoms with E-state index in [0.717, 1.165) is 37.4 Å². The first-order chi connectivity index (χ1) is 9.04. The molecule has 0 aromatic carbocycles. The lowest BCUT2D eigenvalue weighted by atomic mass is 9.97. The number of aryl methyl sites for hydroxylation is 1. The summed E-state index contributed by atoms with van der Waals surface area (Å²) in [7, 11) is 0. The summed E-state index contributed by atoms with van der Waals surface area (Å²) in [5.74, 6) is 1.55. The Hall–Kier alpha value is -2.05. The fraction of sp³-hybridized carbons (Fsp3) is 0.583. The van der Waals surface area contributed by atoms with Crippen LogP contribution in [0.5, 0.6) is 0 Å². The first-order valence-electron chi connectivity index (χ1n) is 6.37. The third-order valence-electron chi connectivity index (χ3n) is 3.34. The zero-order valence-corrected chi connectivity index (χ0v) is 11.0. The first kappa shape index (κ1) is 13.4. The molecule has 0 aliphatic carbocycles. The monoisotopic (exact) mass is 265 g/mol. The molecule has 19 heavy (non-hydrogen) atoms. The molecule has 0 bridgehead atoms. The van der Waals surface area contributed by atoms with Crippen LogP contribution in [0.1, 0.15) is 18.5 Å². The van der Waals surface area contributed by atoms with Crippen LogP contribution >= 0.6 is 0 Å². The highest BCUT2D eigenvalue weighted by Crippen LogP contribution is 2.22. The molecule has 1 aliphatic rings. The number of carboxylic acid groups (broad SMARTS) is 1. The standard InChI is InChI=1S/C12H19N5O2/c1-8-6-10(16-11(13)15-8)17-4-2-9(3-5-17)7-14-12(18)19/h6,9,14H,2-5,7H2,1H3,(H,18,19)(H2,13,15,16). The molecule has 4 N–H and O–H groups in total. The van der Waals surface area contributed by atoms with Crippen LogP contribution in [0.15, 0.2) is 6.07 Å². The van der Waals surface area contributed by atoms with Gasteiger partial charge < -0.3 is 21.1 Å². The van der Waals surface area contributed by atoms with Crippen LogP contribution in [0.4, 0.5) is 16.6 Å². The van der Waals surface area contributed by atoms with Crippen molar-refractivity contribution in [3.8, 4) is 0 Å². The van der Waals surface area contributed by atoms with Crippen LogP contribution < -0.4 is 16.0 Å². The van der Waals surface area contributed by atoms with Crippen LogP contribution in [-0.4, -0.2) is 40.8 Å². The van der Waals surface area contributed by atoms with Gasteiger partial charge in [-0.3, -0.25) is 0 Å². The lowest BCUT2D eigenvalue weighted by Crippen LogP contribution is -2.38. The molecular formula is C12H19N5O2. The Balaban J connectivity index is 1.90. The van der Waals surface area contributed by atoms with E-state index < -0.39 is 6.09 Å². The van der Waals surface area contributed by atoms with Crippen LogP contribution in [-0.2, 0) is 0 Å². The summed E-state index contributed by atoms with van der Waals surface area (Å²) in [5.41, 5.74) is 6.51. The number of anilines is 2. The Morgan fingerprint density at radius 3 is 2.79 bits per heavy atom. The van der Waals surface area contributed by atoms with Gasteiger partial charge in [-0.25, -0.2) is 9.78 Å². The van der Waals surface area contributed by atoms with E-state index in [9.17, 15) is 4.79 Å². The molecule has 1 amide bonds. The van der Waals surface area contributed by atoms with Crippen molar-refractivity contribution in [2.45, 2.75) is 19.8 Å². The minimum Gasteiger partial charge on any atom is -0.465 e. The smallest absolute Gasteiger partial charge is 0.404 e. The Morgan fingerprint density at radius 1 is 1.53 bits per heavy atom.